The highest BCUT2D eigenvalue weighted by molar-refractivity contribution is 6.34. The minimum Gasteiger partial charge on any atom is -0.376 e. The zero-order valence-electron chi connectivity index (χ0n) is 20.8. The van der Waals surface area contributed by atoms with E-state index < -0.39 is 0 Å². The van der Waals surface area contributed by atoms with Crippen LogP contribution in [0.3, 0.4) is 0 Å². The van der Waals surface area contributed by atoms with Gasteiger partial charge in [0.25, 0.3) is 11.8 Å². The van der Waals surface area contributed by atoms with Gasteiger partial charge in [0.05, 0.1) is 17.1 Å². The first-order valence-electron chi connectivity index (χ1n) is 12.5. The van der Waals surface area contributed by atoms with Gasteiger partial charge in [0, 0.05) is 35.7 Å². The second kappa shape index (κ2) is 12.4. The van der Waals surface area contributed by atoms with Crippen LogP contribution in [0.1, 0.15) is 52.8 Å². The highest BCUT2D eigenvalue weighted by Gasteiger charge is 2.19. The molecule has 0 spiro atoms. The molecular weight excluding hydrogens is 488 g/mol. The van der Waals surface area contributed by atoms with E-state index >= 15 is 0 Å². The van der Waals surface area contributed by atoms with Crippen molar-refractivity contribution in [1.82, 2.24) is 5.32 Å². The average molecular weight is 519 g/mol. The number of amides is 3. The second-order valence-corrected chi connectivity index (χ2v) is 9.59. The zero-order chi connectivity index (χ0) is 26.2. The van der Waals surface area contributed by atoms with E-state index in [2.05, 4.69) is 16.0 Å². The summed E-state index contributed by atoms with van der Waals surface area (Å²) in [4.78, 5) is 39.5. The van der Waals surface area contributed by atoms with Crippen LogP contribution in [-0.2, 0) is 4.79 Å². The normalized spacial score (nSPS) is 13.5. The number of carbonyl (C=O) groups is 3. The third kappa shape index (κ3) is 7.11. The van der Waals surface area contributed by atoms with Gasteiger partial charge in [-0.15, -0.1) is 0 Å². The molecule has 8 heteroatoms. The molecule has 0 heterocycles. The number of anilines is 3. The summed E-state index contributed by atoms with van der Waals surface area (Å²) in [5, 5.41) is 9.30. The number of carbonyl (C=O) groups excluding carboxylic acids is 3. The van der Waals surface area contributed by atoms with Crippen molar-refractivity contribution in [2.45, 2.75) is 38.1 Å². The van der Waals surface area contributed by atoms with Crippen molar-refractivity contribution in [2.24, 2.45) is 0 Å². The van der Waals surface area contributed by atoms with E-state index in [0.717, 1.165) is 31.4 Å². The van der Waals surface area contributed by atoms with Gasteiger partial charge in [-0.25, -0.2) is 0 Å². The number of halogens is 1. The van der Waals surface area contributed by atoms with Crippen molar-refractivity contribution < 1.29 is 14.4 Å². The fraction of sp³-hybridized carbons (Fsp3) is 0.276. The maximum atomic E-state index is 12.7. The average Bonchev–Trinajstić information content (AvgIpc) is 2.93. The summed E-state index contributed by atoms with van der Waals surface area (Å²) in [6, 6.07) is 21.4. The van der Waals surface area contributed by atoms with Crippen molar-refractivity contribution in [3.63, 3.8) is 0 Å². The summed E-state index contributed by atoms with van der Waals surface area (Å²) in [6.07, 6.45) is 5.43. The summed E-state index contributed by atoms with van der Waals surface area (Å²) >= 11 is 6.27. The number of nitrogens with one attached hydrogen (secondary N) is 3. The lowest BCUT2D eigenvalue weighted by molar-refractivity contribution is -0.114. The molecule has 4 rings (SSSR count). The molecule has 0 unspecified atom stereocenters. The van der Waals surface area contributed by atoms with Crippen LogP contribution in [0.4, 0.5) is 17.1 Å². The fourth-order valence-electron chi connectivity index (χ4n) is 4.37. The molecule has 3 aromatic carbocycles. The van der Waals surface area contributed by atoms with Gasteiger partial charge in [-0.1, -0.05) is 49.1 Å². The Balaban J connectivity index is 1.30. The molecule has 0 aromatic heterocycles. The van der Waals surface area contributed by atoms with Gasteiger partial charge in [0.2, 0.25) is 5.91 Å². The Bertz CT molecular complexity index is 1240. The molecule has 0 aliphatic heterocycles. The topological polar surface area (TPSA) is 90.5 Å². The predicted molar refractivity (Wildman–Crippen MR) is 149 cm³/mol. The third-order valence-electron chi connectivity index (χ3n) is 6.47. The Kier molecular flexibility index (Phi) is 8.80. The van der Waals surface area contributed by atoms with Crippen molar-refractivity contribution in [3.05, 3.63) is 88.9 Å². The summed E-state index contributed by atoms with van der Waals surface area (Å²) in [5.74, 6) is -0.599. The van der Waals surface area contributed by atoms with E-state index in [4.69, 9.17) is 11.6 Å². The van der Waals surface area contributed by atoms with E-state index in [0.29, 0.717) is 27.5 Å². The van der Waals surface area contributed by atoms with Crippen molar-refractivity contribution in [2.75, 3.05) is 29.1 Å². The molecule has 37 heavy (non-hydrogen) atoms. The standard InChI is InChI=1S/C29H31ClN4O3/c1-34(24-10-6-3-7-11-24)29(37)20-12-14-22(15-13-20)32-27(35)19-31-23-16-17-26(30)25(18-23)28(36)33-21-8-4-2-5-9-21/h3,6-7,10-18,21,31H,2,4-5,8-9,19H2,1H3,(H,32,35)(H,33,36). The van der Waals surface area contributed by atoms with Gasteiger partial charge in [-0.3, -0.25) is 14.4 Å². The van der Waals surface area contributed by atoms with E-state index in [1.165, 1.54) is 6.42 Å². The lowest BCUT2D eigenvalue weighted by Crippen LogP contribution is -2.36. The molecule has 0 radical (unpaired) electrons. The molecule has 1 saturated carbocycles. The van der Waals surface area contributed by atoms with Crippen molar-refractivity contribution in [1.29, 1.82) is 0 Å². The van der Waals surface area contributed by atoms with Gasteiger partial charge in [0.1, 0.15) is 0 Å². The van der Waals surface area contributed by atoms with Gasteiger partial charge < -0.3 is 20.9 Å². The van der Waals surface area contributed by atoms with Crippen LogP contribution in [0, 0.1) is 0 Å². The van der Waals surface area contributed by atoms with Gasteiger partial charge >= 0.3 is 0 Å². The molecule has 1 fully saturated rings. The van der Waals surface area contributed by atoms with E-state index in [1.54, 1.807) is 54.4 Å². The molecule has 3 amide bonds. The second-order valence-electron chi connectivity index (χ2n) is 9.18. The molecule has 192 valence electrons. The van der Waals surface area contributed by atoms with Gasteiger partial charge in [0.15, 0.2) is 0 Å². The van der Waals surface area contributed by atoms with E-state index in [9.17, 15) is 14.4 Å². The first kappa shape index (κ1) is 26.2. The molecular formula is C29H31ClN4O3. The Morgan fingerprint density at radius 2 is 1.57 bits per heavy atom. The first-order chi connectivity index (χ1) is 17.9. The lowest BCUT2D eigenvalue weighted by atomic mass is 9.95. The van der Waals surface area contributed by atoms with Gasteiger partial charge in [-0.2, -0.15) is 0 Å². The van der Waals surface area contributed by atoms with Crippen LogP contribution in [0.15, 0.2) is 72.8 Å². The Labute approximate surface area is 222 Å². The van der Waals surface area contributed by atoms with Crippen LogP contribution in [-0.4, -0.2) is 37.4 Å². The number of hydrogen-bond acceptors (Lipinski definition) is 4. The molecule has 0 saturated heterocycles. The van der Waals surface area contributed by atoms with Crippen LogP contribution in [0.2, 0.25) is 5.02 Å². The van der Waals surface area contributed by atoms with Gasteiger partial charge in [-0.05, 0) is 67.4 Å². The molecule has 7 nitrogen and oxygen atoms in total. The van der Waals surface area contributed by atoms with E-state index in [-0.39, 0.29) is 30.3 Å². The first-order valence-corrected chi connectivity index (χ1v) is 12.9. The summed E-state index contributed by atoms with van der Waals surface area (Å²) in [6.45, 7) is 0.00272. The highest BCUT2D eigenvalue weighted by atomic mass is 35.5. The Morgan fingerprint density at radius 3 is 2.27 bits per heavy atom. The van der Waals surface area contributed by atoms with E-state index in [1.807, 2.05) is 30.3 Å². The third-order valence-corrected chi connectivity index (χ3v) is 6.80. The molecule has 1 aliphatic rings. The SMILES string of the molecule is CN(C(=O)c1ccc(NC(=O)CNc2ccc(Cl)c(C(=O)NC3CCCCC3)c2)cc1)c1ccccc1. The summed E-state index contributed by atoms with van der Waals surface area (Å²) in [5.41, 5.74) is 2.90. The smallest absolute Gasteiger partial charge is 0.258 e. The Hall–Kier alpha value is -3.84. The van der Waals surface area contributed by atoms with Crippen molar-refractivity contribution in [3.8, 4) is 0 Å². The molecule has 0 bridgehead atoms. The minimum atomic E-state index is -0.261. The largest absolute Gasteiger partial charge is 0.376 e. The van der Waals surface area contributed by atoms with Crippen LogP contribution in [0.5, 0.6) is 0 Å². The maximum Gasteiger partial charge on any atom is 0.258 e. The number of para-hydroxylation sites is 1. The fourth-order valence-corrected chi connectivity index (χ4v) is 4.57. The predicted octanol–water partition coefficient (Wildman–Crippen LogP) is 5.73. The molecule has 3 aromatic rings. The molecule has 0 atom stereocenters. The molecule has 3 N–H and O–H groups in total. The number of rotatable bonds is 8. The number of benzene rings is 3. The monoisotopic (exact) mass is 518 g/mol. The Morgan fingerprint density at radius 1 is 0.892 bits per heavy atom. The van der Waals surface area contributed by atoms with Crippen LogP contribution in [0.25, 0.3) is 0 Å². The number of hydrogen-bond donors (Lipinski definition) is 3. The minimum absolute atomic E-state index is 0.00272. The lowest BCUT2D eigenvalue weighted by Gasteiger charge is -2.23. The van der Waals surface area contributed by atoms with Crippen LogP contribution >= 0.6 is 11.6 Å². The van der Waals surface area contributed by atoms with Crippen LogP contribution < -0.4 is 20.9 Å². The van der Waals surface area contributed by atoms with Crippen molar-refractivity contribution >= 4 is 46.4 Å². The zero-order valence-corrected chi connectivity index (χ0v) is 21.6. The highest BCUT2D eigenvalue weighted by Crippen LogP contribution is 2.23. The maximum absolute atomic E-state index is 12.7. The summed E-state index contributed by atoms with van der Waals surface area (Å²) < 4.78 is 0. The number of nitrogens with zero attached hydrogens (tertiary/aromatic N) is 1. The quantitative estimate of drug-likeness (QED) is 0.355. The summed E-state index contributed by atoms with van der Waals surface area (Å²) in [7, 11) is 1.72. The molecule has 1 aliphatic carbocycles.